The van der Waals surface area contributed by atoms with Gasteiger partial charge in [0, 0.05) is 38.6 Å². The van der Waals surface area contributed by atoms with Gasteiger partial charge < -0.3 is 25.0 Å². The highest BCUT2D eigenvalue weighted by Crippen LogP contribution is 2.05. The number of rotatable bonds is 6. The van der Waals surface area contributed by atoms with Crippen LogP contribution in [-0.2, 0) is 11.3 Å². The zero-order chi connectivity index (χ0) is 12.7. The van der Waals surface area contributed by atoms with Crippen LogP contribution >= 0.6 is 0 Å². The molecule has 0 aliphatic carbocycles. The molecule has 1 aromatic rings. The van der Waals surface area contributed by atoms with Crippen molar-refractivity contribution in [2.75, 3.05) is 39.4 Å². The van der Waals surface area contributed by atoms with E-state index in [4.69, 9.17) is 4.74 Å². The van der Waals surface area contributed by atoms with Crippen molar-refractivity contribution in [3.05, 3.63) is 18.7 Å². The maximum atomic E-state index is 10.3. The van der Waals surface area contributed by atoms with E-state index in [1.807, 2.05) is 17.1 Å². The first-order chi connectivity index (χ1) is 8.79. The summed E-state index contributed by atoms with van der Waals surface area (Å²) < 4.78 is 7.41. The average Bonchev–Trinajstić information content (AvgIpc) is 2.78. The highest BCUT2D eigenvalue weighted by atomic mass is 16.5. The van der Waals surface area contributed by atoms with Crippen LogP contribution in [0.1, 0.15) is 6.42 Å². The molecule has 102 valence electrons. The van der Waals surface area contributed by atoms with Gasteiger partial charge in [0.2, 0.25) is 0 Å². The summed E-state index contributed by atoms with van der Waals surface area (Å²) in [6.45, 7) is 4.84. The summed E-state index contributed by atoms with van der Waals surface area (Å²) in [6, 6.07) is 0. The van der Waals surface area contributed by atoms with E-state index in [-0.39, 0.29) is 0 Å². The maximum absolute atomic E-state index is 10.3. The van der Waals surface area contributed by atoms with Crippen LogP contribution in [0.4, 0.5) is 0 Å². The van der Waals surface area contributed by atoms with Gasteiger partial charge in [-0.25, -0.2) is 4.98 Å². The third kappa shape index (κ3) is 4.38. The Morgan fingerprint density at radius 2 is 2.50 bits per heavy atom. The molecule has 0 aromatic carbocycles. The molecule has 1 saturated heterocycles. The van der Waals surface area contributed by atoms with Gasteiger partial charge in [-0.1, -0.05) is 0 Å². The van der Waals surface area contributed by atoms with Gasteiger partial charge in [0.25, 0.3) is 0 Å². The minimum absolute atomic E-state index is 0.397. The molecular weight excluding hydrogens is 232 g/mol. The zero-order valence-electron chi connectivity index (χ0n) is 10.6. The molecule has 6 nitrogen and oxygen atoms in total. The second-order valence-electron chi connectivity index (χ2n) is 4.78. The van der Waals surface area contributed by atoms with Crippen LogP contribution in [0.5, 0.6) is 0 Å². The van der Waals surface area contributed by atoms with Crippen molar-refractivity contribution >= 4 is 0 Å². The molecule has 6 heteroatoms. The fraction of sp³-hybridized carbons (Fsp3) is 0.750. The van der Waals surface area contributed by atoms with E-state index >= 15 is 0 Å². The number of ether oxygens (including phenoxy) is 1. The second-order valence-corrected chi connectivity index (χ2v) is 4.78. The summed E-state index contributed by atoms with van der Waals surface area (Å²) in [5.41, 5.74) is -0.786. The van der Waals surface area contributed by atoms with Crippen LogP contribution in [0, 0.1) is 0 Å². The highest BCUT2D eigenvalue weighted by Gasteiger charge is 2.28. The number of nitrogens with one attached hydrogen (secondary N) is 2. The molecule has 0 bridgehead atoms. The Labute approximate surface area is 107 Å². The molecule has 0 saturated carbocycles. The van der Waals surface area contributed by atoms with Gasteiger partial charge in [-0.05, 0) is 13.0 Å². The number of hydrogen-bond acceptors (Lipinski definition) is 5. The summed E-state index contributed by atoms with van der Waals surface area (Å²) in [5.74, 6) is 0. The predicted molar refractivity (Wildman–Crippen MR) is 68.4 cm³/mol. The summed E-state index contributed by atoms with van der Waals surface area (Å²) in [6.07, 6.45) is 6.57. The molecule has 1 fully saturated rings. The van der Waals surface area contributed by atoms with E-state index < -0.39 is 5.60 Å². The van der Waals surface area contributed by atoms with Gasteiger partial charge in [0.1, 0.15) is 5.60 Å². The molecular formula is C12H22N4O2. The fourth-order valence-electron chi connectivity index (χ4n) is 2.02. The van der Waals surface area contributed by atoms with Gasteiger partial charge in [-0.2, -0.15) is 0 Å². The molecule has 0 amide bonds. The van der Waals surface area contributed by atoms with Crippen molar-refractivity contribution in [3.8, 4) is 0 Å². The number of imidazole rings is 1. The molecule has 1 atom stereocenters. The van der Waals surface area contributed by atoms with Crippen LogP contribution in [0.25, 0.3) is 0 Å². The fourth-order valence-corrected chi connectivity index (χ4v) is 2.02. The monoisotopic (exact) mass is 254 g/mol. The number of aryl methyl sites for hydroxylation is 1. The maximum Gasteiger partial charge on any atom is 0.113 e. The Balaban J connectivity index is 1.59. The van der Waals surface area contributed by atoms with Crippen LogP contribution in [0.15, 0.2) is 18.7 Å². The Bertz CT molecular complexity index is 321. The normalized spacial score (nSPS) is 24.9. The Morgan fingerprint density at radius 1 is 1.56 bits per heavy atom. The van der Waals surface area contributed by atoms with Crippen LogP contribution in [-0.4, -0.2) is 59.7 Å². The van der Waals surface area contributed by atoms with Gasteiger partial charge in [-0.3, -0.25) is 0 Å². The highest BCUT2D eigenvalue weighted by molar-refractivity contribution is 4.85. The molecule has 0 unspecified atom stereocenters. The van der Waals surface area contributed by atoms with E-state index in [0.29, 0.717) is 26.3 Å². The Kier molecular flexibility index (Phi) is 5.12. The minimum atomic E-state index is -0.786. The molecule has 1 aliphatic heterocycles. The topological polar surface area (TPSA) is 71.3 Å². The van der Waals surface area contributed by atoms with Gasteiger partial charge in [0.05, 0.1) is 19.5 Å². The smallest absolute Gasteiger partial charge is 0.113 e. The number of β-amino-alcohol motifs (C(OH)–C–C–N with tert-alkyl or cyclic N) is 1. The first-order valence-electron chi connectivity index (χ1n) is 6.46. The summed E-state index contributed by atoms with van der Waals surface area (Å²) in [5, 5.41) is 16.7. The van der Waals surface area contributed by atoms with Crippen LogP contribution in [0.3, 0.4) is 0 Å². The van der Waals surface area contributed by atoms with Crippen LogP contribution < -0.4 is 10.6 Å². The third-order valence-electron chi connectivity index (χ3n) is 3.03. The summed E-state index contributed by atoms with van der Waals surface area (Å²) in [7, 11) is 0. The summed E-state index contributed by atoms with van der Waals surface area (Å²) >= 11 is 0. The lowest BCUT2D eigenvalue weighted by molar-refractivity contribution is -0.0261. The third-order valence-corrected chi connectivity index (χ3v) is 3.03. The first-order valence-corrected chi connectivity index (χ1v) is 6.46. The van der Waals surface area contributed by atoms with E-state index in [2.05, 4.69) is 15.6 Å². The lowest BCUT2D eigenvalue weighted by Gasteiger charge is -2.26. The van der Waals surface area contributed by atoms with E-state index in [1.54, 1.807) is 6.20 Å². The Hall–Kier alpha value is -0.950. The van der Waals surface area contributed by atoms with Crippen molar-refractivity contribution in [1.29, 1.82) is 0 Å². The number of aromatic nitrogens is 2. The first kappa shape index (κ1) is 13.5. The largest absolute Gasteiger partial charge is 0.385 e. The van der Waals surface area contributed by atoms with Gasteiger partial charge in [-0.15, -0.1) is 0 Å². The van der Waals surface area contributed by atoms with Crippen LogP contribution in [0.2, 0.25) is 0 Å². The zero-order valence-corrected chi connectivity index (χ0v) is 10.6. The van der Waals surface area contributed by atoms with Crippen molar-refractivity contribution in [2.45, 2.75) is 18.6 Å². The lowest BCUT2D eigenvalue weighted by Crippen LogP contribution is -2.50. The number of aliphatic hydroxyl groups is 1. The van der Waals surface area contributed by atoms with E-state index in [9.17, 15) is 5.11 Å². The van der Waals surface area contributed by atoms with Gasteiger partial charge >= 0.3 is 0 Å². The second kappa shape index (κ2) is 6.84. The quantitative estimate of drug-likeness (QED) is 0.581. The molecule has 0 radical (unpaired) electrons. The molecule has 18 heavy (non-hydrogen) atoms. The molecule has 0 spiro atoms. The van der Waals surface area contributed by atoms with Gasteiger partial charge in [0.15, 0.2) is 0 Å². The van der Waals surface area contributed by atoms with Crippen molar-refractivity contribution in [1.82, 2.24) is 20.2 Å². The molecule has 1 aliphatic rings. The van der Waals surface area contributed by atoms with Crippen molar-refractivity contribution < 1.29 is 9.84 Å². The molecule has 2 rings (SSSR count). The van der Waals surface area contributed by atoms with E-state index in [1.165, 1.54) is 0 Å². The lowest BCUT2D eigenvalue weighted by atomic mass is 10.1. The average molecular weight is 254 g/mol. The predicted octanol–water partition coefficient (Wildman–Crippen LogP) is -0.786. The minimum Gasteiger partial charge on any atom is -0.385 e. The molecule has 2 heterocycles. The SMILES string of the molecule is O[C@]1(CNCCCn2ccnc2)CNCCOC1. The number of nitrogens with zero attached hydrogens (tertiary/aromatic N) is 2. The standard InChI is InChI=1S/C12H22N4O2/c17-12(9-14-4-7-18-10-12)8-13-2-1-5-16-6-3-15-11-16/h3,6,11,13-14,17H,1-2,4-5,7-10H2/t12-/m1/s1. The Morgan fingerprint density at radius 3 is 3.33 bits per heavy atom. The molecule has 3 N–H and O–H groups in total. The summed E-state index contributed by atoms with van der Waals surface area (Å²) in [4.78, 5) is 3.99. The van der Waals surface area contributed by atoms with Crippen molar-refractivity contribution in [3.63, 3.8) is 0 Å². The number of hydrogen-bond donors (Lipinski definition) is 3. The van der Waals surface area contributed by atoms with E-state index in [0.717, 1.165) is 26.1 Å². The molecule has 1 aromatic heterocycles. The van der Waals surface area contributed by atoms with Crippen molar-refractivity contribution in [2.24, 2.45) is 0 Å².